The molecule has 0 amide bonds. The van der Waals surface area contributed by atoms with E-state index < -0.39 is 0 Å². The van der Waals surface area contributed by atoms with Crippen molar-refractivity contribution in [3.63, 3.8) is 0 Å². The standard InChI is InChI=1S/C19H16Cl2N4O2S/c1-11-6-18(22)25(28-11)19(24-13-3-4-14(20)15(21)8-13)23-9-12-2-5-16-17(7-12)27-10-26-16/h2-8,22H,9-10H2,1H3,(H,23,24). The topological polar surface area (TPSA) is 71.6 Å². The van der Waals surface area contributed by atoms with Crippen molar-refractivity contribution in [1.29, 1.82) is 5.41 Å². The molecular formula is C19H16Cl2N4O2S. The number of hydrogen-bond donors (Lipinski definition) is 2. The van der Waals surface area contributed by atoms with Gasteiger partial charge < -0.3 is 14.8 Å². The normalized spacial score (nSPS) is 13.0. The fraction of sp³-hybridized carbons (Fsp3) is 0.158. The third-order valence-electron chi connectivity index (χ3n) is 4.01. The lowest BCUT2D eigenvalue weighted by Crippen LogP contribution is -2.28. The second-order valence-corrected chi connectivity index (χ2v) is 8.11. The fourth-order valence-electron chi connectivity index (χ4n) is 2.69. The van der Waals surface area contributed by atoms with Crippen LogP contribution in [0.4, 0.5) is 5.69 Å². The molecule has 0 unspecified atom stereocenters. The Labute approximate surface area is 175 Å². The number of aryl methyl sites for hydroxylation is 1. The lowest BCUT2D eigenvalue weighted by atomic mass is 10.2. The summed E-state index contributed by atoms with van der Waals surface area (Å²) in [6.07, 6.45) is 0. The van der Waals surface area contributed by atoms with Gasteiger partial charge in [-0.05, 0) is 48.9 Å². The first-order valence-corrected chi connectivity index (χ1v) is 9.92. The van der Waals surface area contributed by atoms with E-state index in [9.17, 15) is 0 Å². The summed E-state index contributed by atoms with van der Waals surface area (Å²) in [5.74, 6) is 1.98. The first kappa shape index (κ1) is 18.9. The van der Waals surface area contributed by atoms with Crippen molar-refractivity contribution in [2.75, 3.05) is 12.1 Å². The van der Waals surface area contributed by atoms with E-state index in [2.05, 4.69) is 5.32 Å². The number of halogens is 2. The average molecular weight is 435 g/mol. The molecule has 9 heteroatoms. The van der Waals surface area contributed by atoms with Gasteiger partial charge in [-0.25, -0.2) is 8.95 Å². The third kappa shape index (κ3) is 4.01. The maximum atomic E-state index is 8.22. The molecule has 2 heterocycles. The molecule has 0 saturated heterocycles. The molecule has 3 aromatic rings. The molecular weight excluding hydrogens is 419 g/mol. The van der Waals surface area contributed by atoms with E-state index >= 15 is 0 Å². The van der Waals surface area contributed by atoms with Crippen LogP contribution in [0.1, 0.15) is 10.4 Å². The van der Waals surface area contributed by atoms with Crippen molar-refractivity contribution in [2.45, 2.75) is 13.5 Å². The van der Waals surface area contributed by atoms with Crippen molar-refractivity contribution >= 4 is 46.4 Å². The number of ether oxygens (including phenoxy) is 2. The highest BCUT2D eigenvalue weighted by atomic mass is 35.5. The molecule has 0 spiro atoms. The van der Waals surface area contributed by atoms with E-state index in [1.54, 1.807) is 22.2 Å². The monoisotopic (exact) mass is 434 g/mol. The minimum Gasteiger partial charge on any atom is -0.454 e. The molecule has 0 saturated carbocycles. The van der Waals surface area contributed by atoms with Gasteiger partial charge in [-0.15, -0.1) is 0 Å². The first-order valence-electron chi connectivity index (χ1n) is 8.39. The van der Waals surface area contributed by atoms with E-state index in [4.69, 9.17) is 43.1 Å². The van der Waals surface area contributed by atoms with Crippen molar-refractivity contribution in [2.24, 2.45) is 4.99 Å². The summed E-state index contributed by atoms with van der Waals surface area (Å²) in [6.45, 7) is 2.59. The van der Waals surface area contributed by atoms with Crippen LogP contribution in [0, 0.1) is 12.3 Å². The van der Waals surface area contributed by atoms with Crippen molar-refractivity contribution in [1.82, 2.24) is 3.96 Å². The molecule has 0 fully saturated rings. The zero-order valence-electron chi connectivity index (χ0n) is 14.8. The molecule has 1 aliphatic heterocycles. The summed E-state index contributed by atoms with van der Waals surface area (Å²) in [7, 11) is 0. The van der Waals surface area contributed by atoms with Crippen LogP contribution >= 0.6 is 34.7 Å². The van der Waals surface area contributed by atoms with Crippen molar-refractivity contribution < 1.29 is 9.47 Å². The van der Waals surface area contributed by atoms with Crippen LogP contribution < -0.4 is 20.3 Å². The van der Waals surface area contributed by atoms with Gasteiger partial charge in [-0.1, -0.05) is 40.8 Å². The number of aromatic nitrogens is 1. The van der Waals surface area contributed by atoms with Crippen LogP contribution in [0.2, 0.25) is 10.0 Å². The Morgan fingerprint density at radius 2 is 1.96 bits per heavy atom. The summed E-state index contributed by atoms with van der Waals surface area (Å²) in [5.41, 5.74) is 2.05. The van der Waals surface area contributed by atoms with E-state index in [-0.39, 0.29) is 6.79 Å². The van der Waals surface area contributed by atoms with Crippen LogP contribution in [-0.4, -0.2) is 16.7 Å². The molecule has 6 nitrogen and oxygen atoms in total. The minimum absolute atomic E-state index is 0.235. The Morgan fingerprint density at radius 1 is 1.14 bits per heavy atom. The number of nitrogens with one attached hydrogen (secondary N) is 2. The molecule has 4 rings (SSSR count). The number of hydrogen-bond acceptors (Lipinski definition) is 5. The molecule has 28 heavy (non-hydrogen) atoms. The van der Waals surface area contributed by atoms with Gasteiger partial charge in [0, 0.05) is 10.6 Å². The fourth-order valence-corrected chi connectivity index (χ4v) is 3.78. The van der Waals surface area contributed by atoms with Gasteiger partial charge in [-0.3, -0.25) is 5.41 Å². The molecule has 0 radical (unpaired) electrons. The maximum Gasteiger partial charge on any atom is 0.231 e. The van der Waals surface area contributed by atoms with Crippen molar-refractivity contribution in [3.8, 4) is 11.5 Å². The van der Waals surface area contributed by atoms with Crippen LogP contribution in [0.3, 0.4) is 0 Å². The van der Waals surface area contributed by atoms with Gasteiger partial charge in [0.2, 0.25) is 12.8 Å². The molecule has 0 aliphatic carbocycles. The lowest BCUT2D eigenvalue weighted by Gasteiger charge is -2.11. The first-order chi connectivity index (χ1) is 13.5. The van der Waals surface area contributed by atoms with E-state index in [0.29, 0.717) is 33.8 Å². The zero-order chi connectivity index (χ0) is 19.7. The molecule has 0 atom stereocenters. The number of benzene rings is 2. The lowest BCUT2D eigenvalue weighted by molar-refractivity contribution is 0.174. The molecule has 144 valence electrons. The predicted octanol–water partition coefficient (Wildman–Crippen LogP) is 4.89. The summed E-state index contributed by atoms with van der Waals surface area (Å²) >= 11 is 13.6. The summed E-state index contributed by atoms with van der Waals surface area (Å²) in [4.78, 5) is 5.71. The molecule has 1 aliphatic rings. The third-order valence-corrected chi connectivity index (χ3v) is 5.71. The van der Waals surface area contributed by atoms with Gasteiger partial charge in [0.05, 0.1) is 16.6 Å². The van der Waals surface area contributed by atoms with Crippen LogP contribution in [0.25, 0.3) is 0 Å². The molecule has 2 aromatic carbocycles. The van der Waals surface area contributed by atoms with E-state index in [0.717, 1.165) is 21.9 Å². The highest BCUT2D eigenvalue weighted by Gasteiger charge is 2.14. The highest BCUT2D eigenvalue weighted by Crippen LogP contribution is 2.32. The van der Waals surface area contributed by atoms with E-state index in [1.807, 2.05) is 31.2 Å². The van der Waals surface area contributed by atoms with Gasteiger partial charge in [0.25, 0.3) is 0 Å². The minimum atomic E-state index is 0.235. The van der Waals surface area contributed by atoms with Gasteiger partial charge in [0.15, 0.2) is 11.5 Å². The Kier molecular flexibility index (Phi) is 5.30. The molecule has 0 bridgehead atoms. The van der Waals surface area contributed by atoms with Crippen LogP contribution in [0.15, 0.2) is 47.5 Å². The van der Waals surface area contributed by atoms with E-state index in [1.165, 1.54) is 11.5 Å². The Bertz CT molecular complexity index is 1120. The Morgan fingerprint density at radius 3 is 2.71 bits per heavy atom. The number of aliphatic imine (C=N–C) groups is 1. The summed E-state index contributed by atoms with van der Waals surface area (Å²) < 4.78 is 12.5. The Hall–Kier alpha value is -2.48. The van der Waals surface area contributed by atoms with Gasteiger partial charge in [-0.2, -0.15) is 0 Å². The summed E-state index contributed by atoms with van der Waals surface area (Å²) in [6, 6.07) is 12.8. The van der Waals surface area contributed by atoms with Crippen LogP contribution in [0.5, 0.6) is 11.5 Å². The SMILES string of the molecule is Cc1cc(=N)n(C(=NCc2ccc3c(c2)OCO3)Nc2ccc(Cl)c(Cl)c2)s1. The molecule has 2 N–H and O–H groups in total. The zero-order valence-corrected chi connectivity index (χ0v) is 17.2. The number of fused-ring (bicyclic) bond motifs is 1. The number of rotatable bonds is 3. The van der Waals surface area contributed by atoms with Crippen LogP contribution in [-0.2, 0) is 6.54 Å². The summed E-state index contributed by atoms with van der Waals surface area (Å²) in [5, 5.41) is 12.4. The largest absolute Gasteiger partial charge is 0.454 e. The average Bonchev–Trinajstić information content (AvgIpc) is 3.26. The second kappa shape index (κ2) is 7.87. The van der Waals surface area contributed by atoms with Gasteiger partial charge in [0.1, 0.15) is 5.49 Å². The van der Waals surface area contributed by atoms with Gasteiger partial charge >= 0.3 is 0 Å². The second-order valence-electron chi connectivity index (χ2n) is 6.11. The maximum absolute atomic E-state index is 8.22. The molecule has 1 aromatic heterocycles. The Balaban J connectivity index is 1.66. The highest BCUT2D eigenvalue weighted by molar-refractivity contribution is 7.07. The smallest absolute Gasteiger partial charge is 0.231 e. The quantitative estimate of drug-likeness (QED) is 0.455. The number of anilines is 1. The van der Waals surface area contributed by atoms with Crippen molar-refractivity contribution in [3.05, 3.63) is 68.4 Å². The predicted molar refractivity (Wildman–Crippen MR) is 112 cm³/mol. The number of nitrogens with zero attached hydrogens (tertiary/aromatic N) is 2.